The van der Waals surface area contributed by atoms with Gasteiger partial charge in [-0.05, 0) is 38.1 Å². The Hall–Kier alpha value is -2.87. The summed E-state index contributed by atoms with van der Waals surface area (Å²) < 4.78 is 60.0. The first-order chi connectivity index (χ1) is 20.4. The molecule has 1 aromatic carbocycles. The number of carbonyl (C=O) groups is 1. The zero-order valence-corrected chi connectivity index (χ0v) is 26.2. The normalized spacial score (nSPS) is 20.9. The van der Waals surface area contributed by atoms with Crippen molar-refractivity contribution in [2.45, 2.75) is 49.5 Å². The van der Waals surface area contributed by atoms with Gasteiger partial charge in [0.25, 0.3) is 0 Å². The Morgan fingerprint density at radius 1 is 1.12 bits per heavy atom. The first-order valence-electron chi connectivity index (χ1n) is 13.4. The van der Waals surface area contributed by atoms with Gasteiger partial charge in [-0.25, -0.2) is 9.18 Å². The number of anilines is 1. The number of hydrogen-bond donors (Lipinski definition) is 0. The van der Waals surface area contributed by atoms with E-state index >= 15 is 0 Å². The molecule has 226 valence electrons. The Morgan fingerprint density at radius 2 is 1.84 bits per heavy atom. The lowest BCUT2D eigenvalue weighted by atomic mass is 10.00. The molecule has 1 fully saturated rings. The molecule has 3 atom stereocenters. The molecular formula is C29H25ClF4N4O2S3. The molecule has 6 nitrogen and oxygen atoms in total. The Kier molecular flexibility index (Phi) is 7.89. The van der Waals surface area contributed by atoms with E-state index < -0.39 is 23.2 Å². The number of halogens is 5. The van der Waals surface area contributed by atoms with Gasteiger partial charge >= 0.3 is 11.9 Å². The summed E-state index contributed by atoms with van der Waals surface area (Å²) >= 11 is 9.72. The minimum Gasteiger partial charge on any atom is -0.352 e. The Balaban J connectivity index is 1.62. The van der Waals surface area contributed by atoms with Gasteiger partial charge in [0, 0.05) is 79.7 Å². The second-order valence-corrected chi connectivity index (χ2v) is 14.0. The molecule has 1 amide bonds. The van der Waals surface area contributed by atoms with Crippen LogP contribution in [-0.4, -0.2) is 51.3 Å². The topological polar surface area (TPSA) is 58.4 Å². The number of alkyl halides is 3. The van der Waals surface area contributed by atoms with Gasteiger partial charge in [-0.15, -0.1) is 34.4 Å². The number of thioether (sulfide) groups is 1. The summed E-state index contributed by atoms with van der Waals surface area (Å²) in [5.74, 6) is -0.502. The highest BCUT2D eigenvalue weighted by Crippen LogP contribution is 2.51. The second-order valence-electron chi connectivity index (χ2n) is 10.7. The van der Waals surface area contributed by atoms with Crippen molar-refractivity contribution in [2.24, 2.45) is 0 Å². The van der Waals surface area contributed by atoms with Crippen LogP contribution in [0.1, 0.15) is 30.2 Å². The fourth-order valence-electron chi connectivity index (χ4n) is 6.06. The Bertz CT molecular complexity index is 1810. The van der Waals surface area contributed by atoms with E-state index in [-0.39, 0.29) is 60.3 Å². The fourth-order valence-corrected chi connectivity index (χ4v) is 9.60. The summed E-state index contributed by atoms with van der Waals surface area (Å²) in [6.45, 7) is 7.92. The molecule has 0 saturated carbocycles. The quantitative estimate of drug-likeness (QED) is 0.167. The highest BCUT2D eigenvalue weighted by Gasteiger charge is 2.40. The molecule has 0 radical (unpaired) electrons. The minimum atomic E-state index is -4.73. The van der Waals surface area contributed by atoms with Crippen molar-refractivity contribution in [3.63, 3.8) is 0 Å². The van der Waals surface area contributed by atoms with Crippen LogP contribution in [0.4, 0.5) is 23.4 Å². The minimum absolute atomic E-state index is 0.0339. The van der Waals surface area contributed by atoms with E-state index in [4.69, 9.17) is 11.6 Å². The molecule has 5 heterocycles. The monoisotopic (exact) mass is 668 g/mol. The van der Waals surface area contributed by atoms with Crippen molar-refractivity contribution in [1.82, 2.24) is 14.5 Å². The van der Waals surface area contributed by atoms with E-state index in [1.165, 1.54) is 51.3 Å². The van der Waals surface area contributed by atoms with E-state index in [1.807, 2.05) is 13.8 Å². The van der Waals surface area contributed by atoms with Gasteiger partial charge in [0.1, 0.15) is 11.6 Å². The number of rotatable bonds is 4. The molecule has 0 N–H and O–H groups in total. The van der Waals surface area contributed by atoms with Gasteiger partial charge in [-0.1, -0.05) is 18.2 Å². The molecule has 43 heavy (non-hydrogen) atoms. The third kappa shape index (κ3) is 5.38. The molecule has 0 bridgehead atoms. The van der Waals surface area contributed by atoms with E-state index in [0.717, 1.165) is 17.4 Å². The number of thiophene rings is 2. The molecule has 1 saturated heterocycles. The lowest BCUT2D eigenvalue weighted by Gasteiger charge is -2.44. The molecule has 2 aliphatic heterocycles. The number of nitrogens with zero attached hydrogens (tertiary/aromatic N) is 4. The van der Waals surface area contributed by atoms with E-state index in [9.17, 15) is 27.2 Å². The predicted octanol–water partition coefficient (Wildman–Crippen LogP) is 7.50. The zero-order valence-electron chi connectivity index (χ0n) is 23.0. The maximum atomic E-state index is 14.9. The van der Waals surface area contributed by atoms with Crippen molar-refractivity contribution in [1.29, 1.82) is 0 Å². The van der Waals surface area contributed by atoms with Crippen LogP contribution in [0.2, 0.25) is 5.02 Å². The number of piperazine rings is 1. The van der Waals surface area contributed by atoms with Gasteiger partial charge in [0.2, 0.25) is 5.91 Å². The number of benzene rings is 1. The van der Waals surface area contributed by atoms with Gasteiger partial charge in [0.15, 0.2) is 0 Å². The van der Waals surface area contributed by atoms with Crippen LogP contribution < -0.4 is 10.6 Å². The number of carbonyl (C=O) groups excluding carboxylic acids is 1. The molecule has 3 aromatic heterocycles. The molecule has 2 aliphatic rings. The van der Waals surface area contributed by atoms with Gasteiger partial charge in [-0.3, -0.25) is 9.36 Å². The summed E-state index contributed by atoms with van der Waals surface area (Å²) in [6, 6.07) is 3.36. The standard InChI is InChI=1S/C29H25ClF4N4O2S3/c1-4-23(39)38-14(2)8-36(9-15(38)3)27-19-7-20(29(32,33)34)24(22-5-17(30)12-41-22)26-25(19)37(28(40)35-27)10-16(11-43-26)21-6-18(31)13-42-21/h4-7,12-16H,1,8-11H2,2-3H3/t14?,15?,16-/m0/s1. The zero-order chi connectivity index (χ0) is 30.8. The van der Waals surface area contributed by atoms with E-state index in [1.54, 1.807) is 15.2 Å². The average molecular weight is 669 g/mol. The Morgan fingerprint density at radius 3 is 2.42 bits per heavy atom. The molecule has 0 aliphatic carbocycles. The lowest BCUT2D eigenvalue weighted by Crippen LogP contribution is -2.58. The van der Waals surface area contributed by atoms with Crippen LogP contribution in [0.25, 0.3) is 21.3 Å². The molecule has 2 unspecified atom stereocenters. The predicted molar refractivity (Wildman–Crippen MR) is 165 cm³/mol. The van der Waals surface area contributed by atoms with E-state index in [0.29, 0.717) is 30.9 Å². The van der Waals surface area contributed by atoms with Crippen LogP contribution in [-0.2, 0) is 17.5 Å². The first kappa shape index (κ1) is 30.2. The summed E-state index contributed by atoms with van der Waals surface area (Å²) in [4.78, 5) is 35.5. The second kappa shape index (κ2) is 11.2. The number of aromatic nitrogens is 2. The molecule has 14 heteroatoms. The van der Waals surface area contributed by atoms with Crippen LogP contribution in [0.5, 0.6) is 0 Å². The van der Waals surface area contributed by atoms with Crippen molar-refractivity contribution < 1.29 is 22.4 Å². The largest absolute Gasteiger partial charge is 0.417 e. The van der Waals surface area contributed by atoms with Crippen LogP contribution in [0.3, 0.4) is 0 Å². The third-order valence-electron chi connectivity index (χ3n) is 7.79. The summed E-state index contributed by atoms with van der Waals surface area (Å²) in [5.41, 5.74) is -1.13. The fraction of sp³-hybridized carbons (Fsp3) is 0.345. The van der Waals surface area contributed by atoms with Crippen molar-refractivity contribution in [3.8, 4) is 10.4 Å². The van der Waals surface area contributed by atoms with Crippen molar-refractivity contribution in [2.75, 3.05) is 23.7 Å². The SMILES string of the molecule is C=CC(=O)N1C(C)CN(c2nc(=O)n3c4c(c(-c5cc(Cl)cs5)c(C(F)(F)F)cc24)SC[C@@H](c2cc(F)cs2)C3)CC1C. The molecule has 6 rings (SSSR count). The van der Waals surface area contributed by atoms with E-state index in [2.05, 4.69) is 11.6 Å². The van der Waals surface area contributed by atoms with Crippen LogP contribution in [0, 0.1) is 5.82 Å². The first-order valence-corrected chi connectivity index (χ1v) is 16.5. The smallest absolute Gasteiger partial charge is 0.352 e. The summed E-state index contributed by atoms with van der Waals surface area (Å²) in [6.07, 6.45) is -3.49. The maximum Gasteiger partial charge on any atom is 0.417 e. The molecule has 0 spiro atoms. The summed E-state index contributed by atoms with van der Waals surface area (Å²) in [7, 11) is 0. The highest BCUT2D eigenvalue weighted by atomic mass is 35.5. The number of hydrogen-bond acceptors (Lipinski definition) is 7. The lowest BCUT2D eigenvalue weighted by molar-refractivity contribution is -0.137. The number of amides is 1. The van der Waals surface area contributed by atoms with Crippen LogP contribution >= 0.6 is 46.0 Å². The van der Waals surface area contributed by atoms with Crippen LogP contribution in [0.15, 0.2) is 51.3 Å². The highest BCUT2D eigenvalue weighted by molar-refractivity contribution is 7.99. The molecule has 4 aromatic rings. The van der Waals surface area contributed by atoms with Gasteiger partial charge < -0.3 is 9.80 Å². The van der Waals surface area contributed by atoms with Gasteiger partial charge in [-0.2, -0.15) is 18.2 Å². The summed E-state index contributed by atoms with van der Waals surface area (Å²) in [5, 5.41) is 3.46. The maximum absolute atomic E-state index is 14.9. The Labute approximate surface area is 261 Å². The molecular weight excluding hydrogens is 644 g/mol. The van der Waals surface area contributed by atoms with Gasteiger partial charge in [0.05, 0.1) is 16.1 Å². The van der Waals surface area contributed by atoms with Crippen molar-refractivity contribution >= 4 is 68.7 Å². The van der Waals surface area contributed by atoms with Crippen molar-refractivity contribution in [3.05, 3.63) is 73.4 Å². The third-order valence-corrected chi connectivity index (χ3v) is 11.4. The average Bonchev–Trinajstić information content (AvgIpc) is 3.52.